The number of carbonyl (C=O) groups excluding carboxylic acids is 2. The molecule has 172 valence electrons. The maximum absolute atomic E-state index is 13.3. The van der Waals surface area contributed by atoms with Crippen LogP contribution < -0.4 is 10.6 Å². The summed E-state index contributed by atoms with van der Waals surface area (Å²) in [7, 11) is 0. The number of anilines is 1. The van der Waals surface area contributed by atoms with Gasteiger partial charge in [-0.1, -0.05) is 47.5 Å². The van der Waals surface area contributed by atoms with Crippen molar-refractivity contribution in [1.29, 1.82) is 0 Å². The van der Waals surface area contributed by atoms with Crippen LogP contribution in [0.15, 0.2) is 66.0 Å². The number of hydrogen-bond donors (Lipinski definition) is 1. The third-order valence-corrected chi connectivity index (χ3v) is 7.95. The van der Waals surface area contributed by atoms with E-state index in [2.05, 4.69) is 0 Å². The number of amides is 2. The molecule has 9 heteroatoms. The number of rotatable bonds is 5. The van der Waals surface area contributed by atoms with Gasteiger partial charge in [0, 0.05) is 10.6 Å². The molecule has 2 amide bonds. The maximum atomic E-state index is 13.3. The highest BCUT2D eigenvalue weighted by atomic mass is 35.5. The molecule has 2 aromatic carbocycles. The molecule has 2 aromatic heterocycles. The van der Waals surface area contributed by atoms with Crippen molar-refractivity contribution in [2.75, 3.05) is 17.2 Å². The molecule has 34 heavy (non-hydrogen) atoms. The number of aromatic nitrogens is 2. The number of thioether (sulfide) groups is 1. The van der Waals surface area contributed by atoms with Gasteiger partial charge in [0.15, 0.2) is 0 Å². The molecule has 2 N–H and O–H groups in total. The van der Waals surface area contributed by atoms with E-state index in [1.165, 1.54) is 16.7 Å². The molecule has 0 bridgehead atoms. The molecular weight excluding hydrogens is 488 g/mol. The van der Waals surface area contributed by atoms with E-state index >= 15 is 0 Å². The zero-order valence-electron chi connectivity index (χ0n) is 18.3. The van der Waals surface area contributed by atoms with Gasteiger partial charge in [0.1, 0.15) is 18.1 Å². The average molecular weight is 509 g/mol. The molecular formula is C25H21ClN4O2S2. The van der Waals surface area contributed by atoms with Crippen LogP contribution in [-0.4, -0.2) is 33.9 Å². The van der Waals surface area contributed by atoms with Gasteiger partial charge >= 0.3 is 0 Å². The highest BCUT2D eigenvalue weighted by Gasteiger charge is 2.37. The average Bonchev–Trinajstić information content (AvgIpc) is 3.44. The minimum atomic E-state index is -0.583. The van der Waals surface area contributed by atoms with Crippen molar-refractivity contribution in [3.8, 4) is 16.3 Å². The third kappa shape index (κ3) is 4.24. The van der Waals surface area contributed by atoms with Crippen LogP contribution in [0, 0.1) is 6.92 Å². The largest absolute Gasteiger partial charge is 0.368 e. The molecule has 0 spiro atoms. The van der Waals surface area contributed by atoms with Crippen molar-refractivity contribution in [2.45, 2.75) is 12.2 Å². The second-order valence-electron chi connectivity index (χ2n) is 8.00. The fraction of sp³-hybridized carbons (Fsp3) is 0.160. The number of nitrogens with zero attached hydrogens (tertiary/aromatic N) is 3. The summed E-state index contributed by atoms with van der Waals surface area (Å²) < 4.78 is 1.76. The first-order valence-electron chi connectivity index (χ1n) is 10.6. The summed E-state index contributed by atoms with van der Waals surface area (Å²) in [6.07, 6.45) is 0. The van der Waals surface area contributed by atoms with Crippen molar-refractivity contribution in [1.82, 2.24) is 9.78 Å². The number of fused-ring (bicyclic) bond motifs is 1. The number of hydrogen-bond acceptors (Lipinski definition) is 5. The fourth-order valence-electron chi connectivity index (χ4n) is 4.07. The fourth-order valence-corrected chi connectivity index (χ4v) is 6.18. The Hall–Kier alpha value is -3.07. The molecule has 0 saturated heterocycles. The number of benzene rings is 2. The number of thiophene rings is 1. The van der Waals surface area contributed by atoms with Crippen molar-refractivity contribution in [2.24, 2.45) is 5.73 Å². The molecule has 0 aliphatic carbocycles. The normalized spacial score (nSPS) is 15.8. The summed E-state index contributed by atoms with van der Waals surface area (Å²) in [5.41, 5.74) is 10.1. The highest BCUT2D eigenvalue weighted by molar-refractivity contribution is 8.00. The second kappa shape index (κ2) is 9.29. The lowest BCUT2D eigenvalue weighted by Crippen LogP contribution is -2.40. The number of primary amides is 1. The van der Waals surface area contributed by atoms with Crippen molar-refractivity contribution >= 4 is 52.3 Å². The van der Waals surface area contributed by atoms with Gasteiger partial charge in [-0.3, -0.25) is 14.5 Å². The van der Waals surface area contributed by atoms with E-state index in [-0.39, 0.29) is 23.5 Å². The van der Waals surface area contributed by atoms with Gasteiger partial charge in [-0.25, -0.2) is 4.68 Å². The molecule has 4 aromatic rings. The van der Waals surface area contributed by atoms with Crippen molar-refractivity contribution in [3.63, 3.8) is 0 Å². The number of carbonyl (C=O) groups is 2. The SMILES string of the molecule is Cc1ccc(-n2nc(-c3cccs3)c3c2N(CC(N)=O)C(=O)CS[C@H]3c2cccc(Cl)c2)cc1. The van der Waals surface area contributed by atoms with Crippen LogP contribution >= 0.6 is 34.7 Å². The number of nitrogens with two attached hydrogens (primary N) is 1. The van der Waals surface area contributed by atoms with Gasteiger partial charge < -0.3 is 5.73 Å². The minimum absolute atomic E-state index is 0.191. The van der Waals surface area contributed by atoms with E-state index in [1.807, 2.05) is 73.0 Å². The van der Waals surface area contributed by atoms with Gasteiger partial charge in [0.05, 0.1) is 21.6 Å². The van der Waals surface area contributed by atoms with Crippen LogP contribution in [0.1, 0.15) is 21.9 Å². The summed E-state index contributed by atoms with van der Waals surface area (Å²) in [5.74, 6) is -0.0249. The molecule has 6 nitrogen and oxygen atoms in total. The zero-order valence-corrected chi connectivity index (χ0v) is 20.7. The van der Waals surface area contributed by atoms with Crippen molar-refractivity contribution < 1.29 is 9.59 Å². The molecule has 0 saturated carbocycles. The van der Waals surface area contributed by atoms with E-state index < -0.39 is 5.91 Å². The smallest absolute Gasteiger partial charge is 0.238 e. The molecule has 5 rings (SSSR count). The number of aryl methyl sites for hydroxylation is 1. The van der Waals surface area contributed by atoms with E-state index in [1.54, 1.807) is 16.0 Å². The Morgan fingerprint density at radius 2 is 1.97 bits per heavy atom. The zero-order chi connectivity index (χ0) is 23.8. The Bertz CT molecular complexity index is 1370. The summed E-state index contributed by atoms with van der Waals surface area (Å²) in [4.78, 5) is 27.8. The van der Waals surface area contributed by atoms with E-state index in [9.17, 15) is 9.59 Å². The summed E-state index contributed by atoms with van der Waals surface area (Å²) in [5, 5.41) is 7.40. The molecule has 0 radical (unpaired) electrons. The van der Waals surface area contributed by atoms with Crippen LogP contribution in [0.25, 0.3) is 16.3 Å². The topological polar surface area (TPSA) is 81.2 Å². The maximum Gasteiger partial charge on any atom is 0.238 e. The first kappa shape index (κ1) is 22.7. The quantitative estimate of drug-likeness (QED) is 0.401. The highest BCUT2D eigenvalue weighted by Crippen LogP contribution is 2.49. The predicted molar refractivity (Wildman–Crippen MR) is 139 cm³/mol. The predicted octanol–water partition coefficient (Wildman–Crippen LogP) is 5.22. The number of halogens is 1. The van der Waals surface area contributed by atoms with E-state index in [0.717, 1.165) is 32.9 Å². The van der Waals surface area contributed by atoms with Gasteiger partial charge in [-0.05, 0) is 48.2 Å². The Morgan fingerprint density at radius 1 is 1.18 bits per heavy atom. The van der Waals surface area contributed by atoms with Gasteiger partial charge in [-0.15, -0.1) is 23.1 Å². The lowest BCUT2D eigenvalue weighted by Gasteiger charge is -2.22. The summed E-state index contributed by atoms with van der Waals surface area (Å²) >= 11 is 9.42. The Labute approximate surface area is 210 Å². The van der Waals surface area contributed by atoms with Crippen molar-refractivity contribution in [3.05, 3.63) is 87.8 Å². The van der Waals surface area contributed by atoms with Crippen LogP contribution in [-0.2, 0) is 9.59 Å². The molecule has 0 fully saturated rings. The first-order chi connectivity index (χ1) is 16.4. The summed E-state index contributed by atoms with van der Waals surface area (Å²) in [6.45, 7) is 1.79. The standard InChI is InChI=1S/C25H21ClN4O2S2/c1-15-7-9-18(10-8-15)30-25-22(23(28-30)19-6-3-11-33-19)24(16-4-2-5-17(26)12-16)34-14-21(32)29(25)13-20(27)31/h2-12,24H,13-14H2,1H3,(H2,27,31)/t24-/m0/s1. The van der Waals surface area contributed by atoms with Crippen LogP contribution in [0.4, 0.5) is 5.82 Å². The summed E-state index contributed by atoms with van der Waals surface area (Å²) in [6, 6.07) is 19.5. The van der Waals surface area contributed by atoms with E-state index in [0.29, 0.717) is 10.8 Å². The van der Waals surface area contributed by atoms with E-state index in [4.69, 9.17) is 22.4 Å². The van der Waals surface area contributed by atoms with Gasteiger partial charge in [-0.2, -0.15) is 5.10 Å². The molecule has 1 aliphatic heterocycles. The molecule has 1 atom stereocenters. The lowest BCUT2D eigenvalue weighted by atomic mass is 10.0. The molecule has 0 unspecified atom stereocenters. The monoisotopic (exact) mass is 508 g/mol. The Balaban J connectivity index is 1.84. The Kier molecular flexibility index (Phi) is 6.20. The Morgan fingerprint density at radius 3 is 2.65 bits per heavy atom. The molecule has 1 aliphatic rings. The minimum Gasteiger partial charge on any atom is -0.368 e. The van der Waals surface area contributed by atoms with Crippen LogP contribution in [0.5, 0.6) is 0 Å². The second-order valence-corrected chi connectivity index (χ2v) is 10.5. The van der Waals surface area contributed by atoms with Crippen LogP contribution in [0.2, 0.25) is 5.02 Å². The first-order valence-corrected chi connectivity index (χ1v) is 12.9. The van der Waals surface area contributed by atoms with Crippen LogP contribution in [0.3, 0.4) is 0 Å². The van der Waals surface area contributed by atoms with Gasteiger partial charge in [0.25, 0.3) is 0 Å². The third-order valence-electron chi connectivity index (χ3n) is 5.59. The molecule has 3 heterocycles. The van der Waals surface area contributed by atoms with Gasteiger partial charge in [0.2, 0.25) is 11.8 Å². The lowest BCUT2D eigenvalue weighted by molar-refractivity contribution is -0.121.